The van der Waals surface area contributed by atoms with Crippen molar-refractivity contribution in [3.05, 3.63) is 44.4 Å². The fourth-order valence-corrected chi connectivity index (χ4v) is 9.80. The van der Waals surface area contributed by atoms with Crippen molar-refractivity contribution in [2.75, 3.05) is 33.2 Å². The molecule has 9 nitrogen and oxygen atoms in total. The van der Waals surface area contributed by atoms with E-state index in [1.54, 1.807) is 23.1 Å². The maximum Gasteiger partial charge on any atom is 0.283 e. The van der Waals surface area contributed by atoms with Gasteiger partial charge in [0.05, 0.1) is 24.3 Å². The molecule has 2 aromatic heterocycles. The number of carbonyl (C=O) groups excluding carboxylic acids is 1. The Morgan fingerprint density at radius 2 is 2.03 bits per heavy atom. The fraction of sp³-hybridized carbons (Fsp3) is 0.440. The van der Waals surface area contributed by atoms with Gasteiger partial charge in [0.25, 0.3) is 15.9 Å². The number of benzene rings is 1. The van der Waals surface area contributed by atoms with Gasteiger partial charge in [-0.15, -0.1) is 22.7 Å². The molecule has 2 aliphatic heterocycles. The molecule has 1 fully saturated rings. The van der Waals surface area contributed by atoms with E-state index in [0.717, 1.165) is 41.4 Å². The molecule has 4 heterocycles. The molecule has 1 saturated heterocycles. The summed E-state index contributed by atoms with van der Waals surface area (Å²) in [4.78, 5) is 23.1. The number of nitrogens with zero attached hydrogens (tertiary/aromatic N) is 6. The van der Waals surface area contributed by atoms with Gasteiger partial charge < -0.3 is 9.80 Å². The molecule has 0 spiro atoms. The van der Waals surface area contributed by atoms with Gasteiger partial charge in [0.15, 0.2) is 5.01 Å². The summed E-state index contributed by atoms with van der Waals surface area (Å²) < 4.78 is 30.0. The number of rotatable bonds is 6. The first-order valence-corrected chi connectivity index (χ1v) is 15.6. The van der Waals surface area contributed by atoms with Crippen molar-refractivity contribution in [1.29, 1.82) is 10.5 Å². The molecule has 1 aromatic carbocycles. The number of fused-ring (bicyclic) bond motifs is 2. The molecular formula is C25H25ClN6O3S3. The van der Waals surface area contributed by atoms with Crippen molar-refractivity contribution in [2.45, 2.75) is 42.5 Å². The number of hydrogen-bond acceptors (Lipinski definition) is 9. The average molecular weight is 589 g/mol. The van der Waals surface area contributed by atoms with Crippen LogP contribution in [0.15, 0.2) is 22.4 Å². The Kier molecular flexibility index (Phi) is 7.74. The summed E-state index contributed by atoms with van der Waals surface area (Å²) >= 11 is 8.64. The maximum absolute atomic E-state index is 13.9. The number of aromatic nitrogens is 1. The molecule has 0 N–H and O–H groups in total. The Hall–Kier alpha value is -2.58. The molecule has 13 heteroatoms. The standard InChI is InChI=1S/C25H25ClN6O3S3/c1-30-10-7-20-22(15-30)36-23(29-20)24(33)32-12-11-31(14-17(32)3-2-8-27)38(34,35)25-19(6-9-28)18-5-4-16(26)13-21(18)37-25/h4-5,13,17H,2-3,6-7,10-12,14-15H2,1H3. The number of thiophene rings is 1. The van der Waals surface area contributed by atoms with Crippen LogP contribution in [-0.4, -0.2) is 72.7 Å². The number of halogens is 1. The molecular weight excluding hydrogens is 564 g/mol. The number of sulfonamides is 1. The first-order valence-electron chi connectivity index (χ1n) is 12.2. The number of hydrogen-bond donors (Lipinski definition) is 0. The van der Waals surface area contributed by atoms with E-state index >= 15 is 0 Å². The van der Waals surface area contributed by atoms with Gasteiger partial charge in [-0.05, 0) is 31.0 Å². The summed E-state index contributed by atoms with van der Waals surface area (Å²) in [6, 6.07) is 8.89. The van der Waals surface area contributed by atoms with Crippen LogP contribution in [0, 0.1) is 22.7 Å². The molecule has 5 rings (SSSR count). The Bertz CT molecular complexity index is 1590. The third kappa shape index (κ3) is 5.05. The minimum Gasteiger partial charge on any atom is -0.331 e. The third-order valence-electron chi connectivity index (χ3n) is 6.95. The molecule has 3 aromatic rings. The lowest BCUT2D eigenvalue weighted by Crippen LogP contribution is -2.56. The van der Waals surface area contributed by atoms with Gasteiger partial charge in [-0.25, -0.2) is 13.4 Å². The predicted molar refractivity (Wildman–Crippen MR) is 147 cm³/mol. The molecule has 2 aliphatic rings. The number of piperazine rings is 1. The minimum atomic E-state index is -3.95. The van der Waals surface area contributed by atoms with Crippen molar-refractivity contribution in [1.82, 2.24) is 19.1 Å². The van der Waals surface area contributed by atoms with E-state index in [1.165, 1.54) is 15.6 Å². The van der Waals surface area contributed by atoms with Gasteiger partial charge in [0, 0.05) is 71.8 Å². The zero-order valence-electron chi connectivity index (χ0n) is 20.7. The monoisotopic (exact) mass is 588 g/mol. The van der Waals surface area contributed by atoms with Gasteiger partial charge in [-0.3, -0.25) is 4.79 Å². The highest BCUT2D eigenvalue weighted by Gasteiger charge is 2.39. The average Bonchev–Trinajstić information content (AvgIpc) is 3.48. The minimum absolute atomic E-state index is 0.0452. The fourth-order valence-electron chi connectivity index (χ4n) is 5.00. The molecule has 0 saturated carbocycles. The zero-order chi connectivity index (χ0) is 27.0. The van der Waals surface area contributed by atoms with Gasteiger partial charge in [0.1, 0.15) is 4.21 Å². The van der Waals surface area contributed by atoms with E-state index < -0.39 is 16.1 Å². The lowest BCUT2D eigenvalue weighted by Gasteiger charge is -2.40. The smallest absolute Gasteiger partial charge is 0.283 e. The van der Waals surface area contributed by atoms with E-state index in [4.69, 9.17) is 11.6 Å². The van der Waals surface area contributed by atoms with Crippen molar-refractivity contribution in [2.24, 2.45) is 0 Å². The Morgan fingerprint density at radius 3 is 2.79 bits per heavy atom. The molecule has 0 aliphatic carbocycles. The SMILES string of the molecule is CN1CCc2nc(C(=O)N3CCN(S(=O)(=O)c4sc5cc(Cl)ccc5c4CC#N)CC3CCC#N)sc2C1. The number of amides is 1. The first kappa shape index (κ1) is 27.0. The highest BCUT2D eigenvalue weighted by molar-refractivity contribution is 7.91. The quantitative estimate of drug-likeness (QED) is 0.428. The summed E-state index contributed by atoms with van der Waals surface area (Å²) in [7, 11) is -1.91. The highest BCUT2D eigenvalue weighted by Crippen LogP contribution is 2.38. The van der Waals surface area contributed by atoms with Crippen LogP contribution in [0.5, 0.6) is 0 Å². The van der Waals surface area contributed by atoms with Crippen molar-refractivity contribution >= 4 is 60.3 Å². The third-order valence-corrected chi connectivity index (χ3v) is 11.9. The van der Waals surface area contributed by atoms with Crippen LogP contribution in [0.1, 0.15) is 38.8 Å². The number of likely N-dealkylation sites (N-methyl/N-ethyl adjacent to an activating group) is 1. The lowest BCUT2D eigenvalue weighted by atomic mass is 10.1. The Labute approximate surface area is 234 Å². The maximum atomic E-state index is 13.9. The van der Waals surface area contributed by atoms with Crippen LogP contribution in [0.3, 0.4) is 0 Å². The molecule has 0 radical (unpaired) electrons. The molecule has 198 valence electrons. The van der Waals surface area contributed by atoms with E-state index in [-0.39, 0.29) is 42.6 Å². The highest BCUT2D eigenvalue weighted by atomic mass is 35.5. The molecule has 38 heavy (non-hydrogen) atoms. The zero-order valence-corrected chi connectivity index (χ0v) is 23.9. The van der Waals surface area contributed by atoms with Gasteiger partial charge >= 0.3 is 0 Å². The summed E-state index contributed by atoms with van der Waals surface area (Å²) in [5, 5.41) is 20.3. The van der Waals surface area contributed by atoms with Crippen LogP contribution in [-0.2, 0) is 29.4 Å². The first-order chi connectivity index (χ1) is 18.2. The van der Waals surface area contributed by atoms with Gasteiger partial charge in [-0.1, -0.05) is 17.7 Å². The predicted octanol–water partition coefficient (Wildman–Crippen LogP) is 3.88. The molecule has 1 atom stereocenters. The van der Waals surface area contributed by atoms with E-state index in [0.29, 0.717) is 32.1 Å². The van der Waals surface area contributed by atoms with Crippen LogP contribution >= 0.6 is 34.3 Å². The summed E-state index contributed by atoms with van der Waals surface area (Å²) in [6.07, 6.45) is 1.30. The van der Waals surface area contributed by atoms with E-state index in [1.807, 2.05) is 7.05 Å². The van der Waals surface area contributed by atoms with Crippen LogP contribution < -0.4 is 0 Å². The lowest BCUT2D eigenvalue weighted by molar-refractivity contribution is 0.0552. The van der Waals surface area contributed by atoms with Crippen LogP contribution in [0.4, 0.5) is 0 Å². The van der Waals surface area contributed by atoms with Crippen LogP contribution in [0.25, 0.3) is 10.1 Å². The van der Waals surface area contributed by atoms with Crippen molar-refractivity contribution in [3.8, 4) is 12.1 Å². The largest absolute Gasteiger partial charge is 0.331 e. The van der Waals surface area contributed by atoms with Gasteiger partial charge in [0.2, 0.25) is 0 Å². The second-order valence-electron chi connectivity index (χ2n) is 9.43. The van der Waals surface area contributed by atoms with Crippen LogP contribution in [0.2, 0.25) is 5.02 Å². The molecule has 0 bridgehead atoms. The number of carbonyl (C=O) groups is 1. The molecule has 1 amide bonds. The second-order valence-corrected chi connectivity index (χ2v) is 14.1. The second kappa shape index (κ2) is 10.9. The van der Waals surface area contributed by atoms with Gasteiger partial charge in [-0.2, -0.15) is 14.8 Å². The Balaban J connectivity index is 1.43. The summed E-state index contributed by atoms with van der Waals surface area (Å²) in [5.41, 5.74) is 1.43. The van der Waals surface area contributed by atoms with Crippen molar-refractivity contribution in [3.63, 3.8) is 0 Å². The van der Waals surface area contributed by atoms with E-state index in [2.05, 4.69) is 22.0 Å². The summed E-state index contributed by atoms with van der Waals surface area (Å²) in [5.74, 6) is -0.214. The Morgan fingerprint density at radius 1 is 1.21 bits per heavy atom. The van der Waals surface area contributed by atoms with E-state index in [9.17, 15) is 23.7 Å². The normalized spacial score (nSPS) is 18.7. The summed E-state index contributed by atoms with van der Waals surface area (Å²) in [6.45, 7) is 2.04. The molecule has 1 unspecified atom stereocenters. The topological polar surface area (TPSA) is 121 Å². The van der Waals surface area contributed by atoms with Crippen molar-refractivity contribution < 1.29 is 13.2 Å². The number of thiazole rings is 1. The number of nitriles is 2.